The second-order valence-electron chi connectivity index (χ2n) is 9.72. The van der Waals surface area contributed by atoms with E-state index in [1.54, 1.807) is 6.92 Å². The van der Waals surface area contributed by atoms with Crippen molar-refractivity contribution in [3.63, 3.8) is 0 Å². The van der Waals surface area contributed by atoms with Crippen molar-refractivity contribution in [2.24, 2.45) is 34.5 Å². The smallest absolute Gasteiger partial charge is 0.133 e. The molecule has 0 saturated heterocycles. The van der Waals surface area contributed by atoms with Gasteiger partial charge in [-0.05, 0) is 74.0 Å². The van der Waals surface area contributed by atoms with Crippen LogP contribution in [0.25, 0.3) is 0 Å². The van der Waals surface area contributed by atoms with Gasteiger partial charge in [-0.3, -0.25) is 4.79 Å². The molecule has 0 amide bonds. The molecule has 0 aromatic heterocycles. The molecule has 3 saturated carbocycles. The van der Waals surface area contributed by atoms with Gasteiger partial charge in [-0.2, -0.15) is 0 Å². The van der Waals surface area contributed by atoms with Crippen LogP contribution in [0.3, 0.4) is 0 Å². The Morgan fingerprint density at radius 1 is 1.16 bits per heavy atom. The lowest BCUT2D eigenvalue weighted by molar-refractivity contribution is -0.157. The van der Waals surface area contributed by atoms with Gasteiger partial charge in [0.2, 0.25) is 0 Å². The maximum absolute atomic E-state index is 12.2. The largest absolute Gasteiger partial charge is 0.393 e. The number of aliphatic hydroxyl groups excluding tert-OH is 3. The Bertz CT molecular complexity index is 613. The third kappa shape index (κ3) is 2.33. The number of hydrogen-bond donors (Lipinski definition) is 3. The predicted molar refractivity (Wildman–Crippen MR) is 94.7 cm³/mol. The molecule has 4 aliphatic rings. The third-order valence-electron chi connectivity index (χ3n) is 8.53. The van der Waals surface area contributed by atoms with Crippen molar-refractivity contribution in [3.8, 4) is 0 Å². The van der Waals surface area contributed by atoms with E-state index < -0.39 is 12.2 Å². The van der Waals surface area contributed by atoms with Crippen molar-refractivity contribution >= 4 is 5.78 Å². The summed E-state index contributed by atoms with van der Waals surface area (Å²) < 4.78 is 0. The van der Waals surface area contributed by atoms with Crippen LogP contribution >= 0.6 is 0 Å². The van der Waals surface area contributed by atoms with Crippen molar-refractivity contribution < 1.29 is 20.1 Å². The van der Waals surface area contributed by atoms with Crippen molar-refractivity contribution in [1.82, 2.24) is 0 Å². The fourth-order valence-corrected chi connectivity index (χ4v) is 7.41. The van der Waals surface area contributed by atoms with Gasteiger partial charge in [0.15, 0.2) is 0 Å². The average molecular weight is 348 g/mol. The maximum atomic E-state index is 12.2. The number of carbonyl (C=O) groups excluding carboxylic acids is 1. The van der Waals surface area contributed by atoms with E-state index in [0.717, 1.165) is 31.3 Å². The molecule has 140 valence electrons. The summed E-state index contributed by atoms with van der Waals surface area (Å²) in [6, 6.07) is 0. The number of aliphatic hydroxyl groups is 3. The summed E-state index contributed by atoms with van der Waals surface area (Å²) in [5.74, 6) is 0.558. The average Bonchev–Trinajstić information content (AvgIpc) is 2.85. The standard InChI is InChI=1S/C21H32O4/c1-11(22)14-4-5-15-18-16(24)9-12-8-13(23)6-7-20(12,2)19(18)17(25)10-21(14,15)3/h9,13-19,23-25H,4-8,10H2,1-3H3/t13-,14+,15-,16-,17+,18+,19-,20-,21+/m0/s1. The van der Waals surface area contributed by atoms with E-state index in [-0.39, 0.29) is 46.4 Å². The molecule has 3 fully saturated rings. The van der Waals surface area contributed by atoms with Crippen LogP contribution in [0.2, 0.25) is 0 Å². The van der Waals surface area contributed by atoms with Crippen LogP contribution in [-0.4, -0.2) is 39.4 Å². The normalized spacial score (nSPS) is 55.0. The van der Waals surface area contributed by atoms with E-state index in [9.17, 15) is 20.1 Å². The van der Waals surface area contributed by atoms with Gasteiger partial charge in [-0.1, -0.05) is 25.5 Å². The Balaban J connectivity index is 1.77. The number of ketones is 1. The lowest BCUT2D eigenvalue weighted by Gasteiger charge is -2.60. The Morgan fingerprint density at radius 3 is 2.56 bits per heavy atom. The second kappa shape index (κ2) is 5.64. The topological polar surface area (TPSA) is 77.8 Å². The first-order valence-electron chi connectivity index (χ1n) is 9.94. The lowest BCUT2D eigenvalue weighted by atomic mass is 9.46. The summed E-state index contributed by atoms with van der Waals surface area (Å²) in [5.41, 5.74) is 0.783. The van der Waals surface area contributed by atoms with Crippen molar-refractivity contribution in [2.75, 3.05) is 0 Å². The van der Waals surface area contributed by atoms with Crippen LogP contribution < -0.4 is 0 Å². The molecule has 4 rings (SSSR count). The minimum Gasteiger partial charge on any atom is -0.393 e. The molecule has 3 N–H and O–H groups in total. The predicted octanol–water partition coefficient (Wildman–Crippen LogP) is 2.46. The highest BCUT2D eigenvalue weighted by atomic mass is 16.3. The van der Waals surface area contributed by atoms with E-state index in [1.165, 1.54) is 0 Å². The fourth-order valence-electron chi connectivity index (χ4n) is 7.41. The zero-order valence-corrected chi connectivity index (χ0v) is 15.6. The van der Waals surface area contributed by atoms with E-state index in [1.807, 2.05) is 6.08 Å². The van der Waals surface area contributed by atoms with Crippen LogP contribution in [-0.2, 0) is 4.79 Å². The molecule has 4 heteroatoms. The van der Waals surface area contributed by atoms with E-state index in [2.05, 4.69) is 13.8 Å². The molecular weight excluding hydrogens is 316 g/mol. The molecule has 25 heavy (non-hydrogen) atoms. The van der Waals surface area contributed by atoms with Crippen LogP contribution in [0.15, 0.2) is 11.6 Å². The number of fused-ring (bicyclic) bond motifs is 5. The first-order valence-corrected chi connectivity index (χ1v) is 9.94. The summed E-state index contributed by atoms with van der Waals surface area (Å²) in [5, 5.41) is 32.3. The molecule has 0 heterocycles. The van der Waals surface area contributed by atoms with E-state index in [4.69, 9.17) is 0 Å². The maximum Gasteiger partial charge on any atom is 0.133 e. The number of hydrogen-bond acceptors (Lipinski definition) is 4. The first kappa shape index (κ1) is 17.7. The van der Waals surface area contributed by atoms with Crippen molar-refractivity contribution in [2.45, 2.75) is 77.6 Å². The van der Waals surface area contributed by atoms with Crippen molar-refractivity contribution in [1.29, 1.82) is 0 Å². The molecule has 0 aromatic rings. The molecule has 0 spiro atoms. The first-order chi connectivity index (χ1) is 11.7. The van der Waals surface area contributed by atoms with Gasteiger partial charge >= 0.3 is 0 Å². The van der Waals surface area contributed by atoms with Gasteiger partial charge in [0.25, 0.3) is 0 Å². The van der Waals surface area contributed by atoms with Gasteiger partial charge in [-0.15, -0.1) is 0 Å². The highest BCUT2D eigenvalue weighted by Crippen LogP contribution is 2.66. The molecule has 9 atom stereocenters. The van der Waals surface area contributed by atoms with Crippen molar-refractivity contribution in [3.05, 3.63) is 11.6 Å². The molecular formula is C21H32O4. The number of carbonyl (C=O) groups is 1. The Kier molecular flexibility index (Phi) is 3.99. The minimum absolute atomic E-state index is 0.00617. The fraction of sp³-hybridized carbons (Fsp3) is 0.857. The Morgan fingerprint density at radius 2 is 1.88 bits per heavy atom. The molecule has 0 unspecified atom stereocenters. The van der Waals surface area contributed by atoms with Gasteiger partial charge in [0.1, 0.15) is 5.78 Å². The monoisotopic (exact) mass is 348 g/mol. The zero-order valence-electron chi connectivity index (χ0n) is 15.6. The molecule has 0 aliphatic heterocycles. The summed E-state index contributed by atoms with van der Waals surface area (Å²) in [4.78, 5) is 12.2. The van der Waals surface area contributed by atoms with Gasteiger partial charge in [0, 0.05) is 5.92 Å². The second-order valence-corrected chi connectivity index (χ2v) is 9.72. The summed E-state index contributed by atoms with van der Waals surface area (Å²) in [7, 11) is 0. The van der Waals surface area contributed by atoms with Crippen LogP contribution in [0.4, 0.5) is 0 Å². The zero-order chi connectivity index (χ0) is 18.1. The molecule has 0 aromatic carbocycles. The number of rotatable bonds is 1. The Labute approximate surface area is 150 Å². The lowest BCUT2D eigenvalue weighted by Crippen LogP contribution is -2.60. The molecule has 4 nitrogen and oxygen atoms in total. The highest BCUT2D eigenvalue weighted by Gasteiger charge is 2.64. The quantitative estimate of drug-likeness (QED) is 0.636. The third-order valence-corrected chi connectivity index (χ3v) is 8.53. The number of Topliss-reactive ketones (excluding diaryl/α,β-unsaturated/α-hetero) is 1. The van der Waals surface area contributed by atoms with Gasteiger partial charge < -0.3 is 15.3 Å². The summed E-state index contributed by atoms with van der Waals surface area (Å²) in [6.07, 6.45) is 5.31. The van der Waals surface area contributed by atoms with E-state index in [0.29, 0.717) is 12.8 Å². The van der Waals surface area contributed by atoms with Crippen LogP contribution in [0.5, 0.6) is 0 Å². The summed E-state index contributed by atoms with van der Waals surface area (Å²) >= 11 is 0. The molecule has 0 radical (unpaired) electrons. The van der Waals surface area contributed by atoms with Gasteiger partial charge in [-0.25, -0.2) is 0 Å². The highest BCUT2D eigenvalue weighted by molar-refractivity contribution is 5.79. The van der Waals surface area contributed by atoms with Crippen LogP contribution in [0, 0.1) is 34.5 Å². The molecule has 4 aliphatic carbocycles. The SMILES string of the molecule is CC(=O)[C@H]1CC[C@H]2[C@H]3[C@H]([C@H](O)C[C@]12C)[C@@]1(C)CC[C@H](O)CC1=C[C@@H]3O. The van der Waals surface area contributed by atoms with Gasteiger partial charge in [0.05, 0.1) is 18.3 Å². The summed E-state index contributed by atoms with van der Waals surface area (Å²) in [6.45, 7) is 6.06. The van der Waals surface area contributed by atoms with Crippen LogP contribution in [0.1, 0.15) is 59.3 Å². The Hall–Kier alpha value is -0.710. The molecule has 0 bridgehead atoms. The van der Waals surface area contributed by atoms with E-state index >= 15 is 0 Å². The minimum atomic E-state index is -0.580.